The van der Waals surface area contributed by atoms with Crippen LogP contribution in [0.5, 0.6) is 0 Å². The van der Waals surface area contributed by atoms with Crippen LogP contribution in [-0.4, -0.2) is 67.1 Å². The number of aromatic nitrogens is 1. The molecule has 2 aromatic rings. The number of benzene rings is 1. The first kappa shape index (κ1) is 19.9. The van der Waals surface area contributed by atoms with E-state index in [1.165, 1.54) is 12.3 Å². The van der Waals surface area contributed by atoms with Gasteiger partial charge in [-0.3, -0.25) is 14.3 Å². The van der Waals surface area contributed by atoms with Crippen molar-refractivity contribution in [2.75, 3.05) is 36.7 Å². The number of nitrogens with one attached hydrogen (secondary N) is 1. The minimum atomic E-state index is -3.37. The molecule has 1 aromatic heterocycles. The van der Waals surface area contributed by atoms with Crippen LogP contribution in [0.3, 0.4) is 0 Å². The third kappa shape index (κ3) is 4.69. The quantitative estimate of drug-likeness (QED) is 0.778. The second-order valence-electron chi connectivity index (χ2n) is 6.46. The van der Waals surface area contributed by atoms with Crippen molar-refractivity contribution >= 4 is 27.5 Å². The van der Waals surface area contributed by atoms with Crippen LogP contribution in [0, 0.1) is 0 Å². The summed E-state index contributed by atoms with van der Waals surface area (Å²) in [5.41, 5.74) is 0.890. The molecule has 0 saturated carbocycles. The smallest absolute Gasteiger partial charge is 0.292 e. The van der Waals surface area contributed by atoms with E-state index in [2.05, 4.69) is 9.88 Å². The highest BCUT2D eigenvalue weighted by molar-refractivity contribution is 7.92. The molecule has 0 spiro atoms. The molecule has 10 heteroatoms. The maximum absolute atomic E-state index is 12.7. The van der Waals surface area contributed by atoms with E-state index < -0.39 is 10.0 Å². The molecule has 3 rings (SSSR count). The fraction of sp³-hybridized carbons (Fsp3) is 0.389. The van der Waals surface area contributed by atoms with Gasteiger partial charge in [-0.15, -0.1) is 0 Å². The Balaban J connectivity index is 0.00000300. The number of amides is 2. The summed E-state index contributed by atoms with van der Waals surface area (Å²) in [4.78, 5) is 28.2. The summed E-state index contributed by atoms with van der Waals surface area (Å²) in [5, 5.41) is 3.53. The molecular weight excluding hydrogens is 384 g/mol. The van der Waals surface area contributed by atoms with Crippen LogP contribution in [0.1, 0.15) is 35.7 Å². The Hall–Kier alpha value is -2.88. The van der Waals surface area contributed by atoms with E-state index in [4.69, 9.17) is 4.52 Å². The Morgan fingerprint density at radius 3 is 2.21 bits per heavy atom. The Morgan fingerprint density at radius 2 is 1.68 bits per heavy atom. The van der Waals surface area contributed by atoms with Gasteiger partial charge in [-0.05, 0) is 30.7 Å². The summed E-state index contributed by atoms with van der Waals surface area (Å²) in [6.07, 6.45) is 1.94. The van der Waals surface area contributed by atoms with Crippen LogP contribution in [0.2, 0.25) is 0 Å². The van der Waals surface area contributed by atoms with Crippen LogP contribution in [-0.2, 0) is 10.0 Å². The van der Waals surface area contributed by atoms with E-state index in [1.54, 1.807) is 41.0 Å². The van der Waals surface area contributed by atoms with Gasteiger partial charge in [0.2, 0.25) is 15.8 Å². The van der Waals surface area contributed by atoms with Crippen molar-refractivity contribution in [1.29, 1.82) is 0 Å². The number of rotatable bonds is 6. The van der Waals surface area contributed by atoms with Crippen molar-refractivity contribution in [2.24, 2.45) is 0 Å². The van der Waals surface area contributed by atoms with Crippen molar-refractivity contribution in [3.63, 3.8) is 0 Å². The van der Waals surface area contributed by atoms with Gasteiger partial charge >= 0.3 is 0 Å². The number of carbonyl (C=O) groups is 2. The van der Waals surface area contributed by atoms with Gasteiger partial charge < -0.3 is 14.3 Å². The SMILES string of the molecule is CCCS(=O)(=O)Nc1ccc(C(=O)N2CCN(C(=O)c3ccno3)CC2)cc1.[HH]. The van der Waals surface area contributed by atoms with Gasteiger partial charge in [-0.1, -0.05) is 12.1 Å². The van der Waals surface area contributed by atoms with Gasteiger partial charge in [-0.25, -0.2) is 8.42 Å². The Kier molecular flexibility index (Phi) is 5.98. The third-order valence-corrected chi connectivity index (χ3v) is 5.87. The van der Waals surface area contributed by atoms with E-state index in [0.29, 0.717) is 43.9 Å². The van der Waals surface area contributed by atoms with Crippen molar-refractivity contribution in [3.05, 3.63) is 47.9 Å². The van der Waals surface area contributed by atoms with Gasteiger partial charge in [0.05, 0.1) is 11.9 Å². The van der Waals surface area contributed by atoms with Crippen molar-refractivity contribution < 1.29 is 24.0 Å². The zero-order valence-electron chi connectivity index (χ0n) is 15.5. The van der Waals surface area contributed by atoms with Gasteiger partial charge in [0.15, 0.2) is 0 Å². The molecule has 28 heavy (non-hydrogen) atoms. The second-order valence-corrected chi connectivity index (χ2v) is 8.30. The highest BCUT2D eigenvalue weighted by Crippen LogP contribution is 2.15. The van der Waals surface area contributed by atoms with Crippen molar-refractivity contribution in [2.45, 2.75) is 13.3 Å². The average Bonchev–Trinajstić information content (AvgIpc) is 3.22. The number of piperazine rings is 1. The van der Waals surface area contributed by atoms with Gasteiger partial charge in [-0.2, -0.15) is 0 Å². The summed E-state index contributed by atoms with van der Waals surface area (Å²) >= 11 is 0. The zero-order valence-corrected chi connectivity index (χ0v) is 16.3. The molecule has 0 atom stereocenters. The highest BCUT2D eigenvalue weighted by atomic mass is 32.2. The van der Waals surface area contributed by atoms with Crippen LogP contribution in [0.25, 0.3) is 0 Å². The summed E-state index contributed by atoms with van der Waals surface area (Å²) in [7, 11) is -3.37. The molecule has 0 unspecified atom stereocenters. The molecule has 2 amide bonds. The van der Waals surface area contributed by atoms with Gasteiger partial charge in [0.1, 0.15) is 0 Å². The van der Waals surface area contributed by atoms with Gasteiger partial charge in [0, 0.05) is 44.9 Å². The highest BCUT2D eigenvalue weighted by Gasteiger charge is 2.27. The van der Waals surface area contributed by atoms with Crippen molar-refractivity contribution in [3.8, 4) is 0 Å². The average molecular weight is 408 g/mol. The van der Waals surface area contributed by atoms with Crippen LogP contribution < -0.4 is 4.72 Å². The lowest BCUT2D eigenvalue weighted by molar-refractivity contribution is 0.0513. The van der Waals surface area contributed by atoms with E-state index in [0.717, 1.165) is 0 Å². The number of carbonyl (C=O) groups excluding carboxylic acids is 2. The normalized spacial score (nSPS) is 14.8. The van der Waals surface area contributed by atoms with E-state index in [-0.39, 0.29) is 24.8 Å². The monoisotopic (exact) mass is 408 g/mol. The number of hydrogen-bond donors (Lipinski definition) is 1. The molecule has 2 heterocycles. The summed E-state index contributed by atoms with van der Waals surface area (Å²) in [6.45, 7) is 3.41. The molecular formula is C18H24N4O5S. The molecule has 1 N–H and O–H groups in total. The minimum Gasteiger partial charge on any atom is -0.351 e. The Morgan fingerprint density at radius 1 is 1.07 bits per heavy atom. The fourth-order valence-corrected chi connectivity index (χ4v) is 4.09. The van der Waals surface area contributed by atoms with Crippen LogP contribution in [0.4, 0.5) is 5.69 Å². The fourth-order valence-electron chi connectivity index (χ4n) is 2.96. The largest absolute Gasteiger partial charge is 0.351 e. The zero-order chi connectivity index (χ0) is 20.1. The molecule has 1 saturated heterocycles. The topological polar surface area (TPSA) is 113 Å². The van der Waals surface area contributed by atoms with Gasteiger partial charge in [0.25, 0.3) is 11.8 Å². The van der Waals surface area contributed by atoms with E-state index in [9.17, 15) is 18.0 Å². The predicted octanol–water partition coefficient (Wildman–Crippen LogP) is 1.67. The number of hydrogen-bond acceptors (Lipinski definition) is 6. The number of sulfonamides is 1. The lowest BCUT2D eigenvalue weighted by Crippen LogP contribution is -2.50. The first-order chi connectivity index (χ1) is 13.4. The van der Waals surface area contributed by atoms with E-state index >= 15 is 0 Å². The molecule has 0 aliphatic carbocycles. The van der Waals surface area contributed by atoms with E-state index in [1.807, 2.05) is 0 Å². The lowest BCUT2D eigenvalue weighted by atomic mass is 10.1. The number of anilines is 1. The Bertz CT molecular complexity index is 924. The Labute approximate surface area is 164 Å². The molecule has 1 aliphatic rings. The molecule has 0 radical (unpaired) electrons. The maximum Gasteiger partial charge on any atom is 0.292 e. The summed E-state index contributed by atoms with van der Waals surface area (Å²) in [5.74, 6) is -0.172. The maximum atomic E-state index is 12.7. The first-order valence-electron chi connectivity index (χ1n) is 8.99. The molecule has 1 aromatic carbocycles. The molecule has 1 aliphatic heterocycles. The first-order valence-corrected chi connectivity index (χ1v) is 10.6. The molecule has 0 bridgehead atoms. The minimum absolute atomic E-state index is 0. The molecule has 152 valence electrons. The second kappa shape index (κ2) is 8.42. The lowest BCUT2D eigenvalue weighted by Gasteiger charge is -2.34. The molecule has 9 nitrogen and oxygen atoms in total. The van der Waals surface area contributed by atoms with Crippen LogP contribution >= 0.6 is 0 Å². The summed E-state index contributed by atoms with van der Waals surface area (Å²) in [6, 6.07) is 7.85. The third-order valence-electron chi connectivity index (χ3n) is 4.38. The summed E-state index contributed by atoms with van der Waals surface area (Å²) < 4.78 is 31.0. The van der Waals surface area contributed by atoms with Crippen LogP contribution in [0.15, 0.2) is 41.1 Å². The number of nitrogens with zero attached hydrogens (tertiary/aromatic N) is 3. The standard InChI is InChI=1S/C18H22N4O5S.H2/c1-2-13-28(25,26)20-15-5-3-14(4-6-15)17(23)21-9-11-22(12-10-21)18(24)16-7-8-19-27-16;/h3-8,20H,2,9-13H2,1H3;1H. The van der Waals surface area contributed by atoms with Crippen molar-refractivity contribution in [1.82, 2.24) is 15.0 Å². The predicted molar refractivity (Wildman–Crippen MR) is 105 cm³/mol. The molecule has 1 fully saturated rings.